The molecular formula is C16H18N2O3. The minimum Gasteiger partial charge on any atom is -0.487 e. The standard InChI is InChI=1S/C16H18N2O3/c1-11(2)10-21-15-6-5-12(8-14(15)17)16(19)18-9-13-4-3-7-20-13/h3-8H,1,9-10,17H2,2H3,(H,18,19). The molecule has 0 saturated carbocycles. The zero-order valence-electron chi connectivity index (χ0n) is 11.9. The Balaban J connectivity index is 1.98. The molecule has 0 radical (unpaired) electrons. The van der Waals surface area contributed by atoms with Crippen molar-refractivity contribution in [2.75, 3.05) is 12.3 Å². The number of rotatable bonds is 6. The van der Waals surface area contributed by atoms with E-state index < -0.39 is 0 Å². The molecule has 5 nitrogen and oxygen atoms in total. The molecule has 3 N–H and O–H groups in total. The second-order valence-corrected chi connectivity index (χ2v) is 4.76. The quantitative estimate of drug-likeness (QED) is 0.632. The van der Waals surface area contributed by atoms with Gasteiger partial charge >= 0.3 is 0 Å². The summed E-state index contributed by atoms with van der Waals surface area (Å²) in [5.74, 6) is 1.02. The van der Waals surface area contributed by atoms with Crippen molar-refractivity contribution in [1.29, 1.82) is 0 Å². The van der Waals surface area contributed by atoms with Gasteiger partial charge in [0, 0.05) is 5.56 Å². The van der Waals surface area contributed by atoms with Crippen molar-refractivity contribution >= 4 is 11.6 Å². The van der Waals surface area contributed by atoms with Crippen LogP contribution in [0.1, 0.15) is 23.0 Å². The van der Waals surface area contributed by atoms with Crippen LogP contribution in [0.25, 0.3) is 0 Å². The van der Waals surface area contributed by atoms with Gasteiger partial charge in [-0.2, -0.15) is 0 Å². The summed E-state index contributed by atoms with van der Waals surface area (Å²) in [6.45, 7) is 6.35. The average Bonchev–Trinajstić information content (AvgIpc) is 2.96. The number of furan rings is 1. The maximum atomic E-state index is 12.0. The topological polar surface area (TPSA) is 77.5 Å². The maximum absolute atomic E-state index is 12.0. The number of amides is 1. The van der Waals surface area contributed by atoms with Gasteiger partial charge in [0.2, 0.25) is 0 Å². The summed E-state index contributed by atoms with van der Waals surface area (Å²) in [5, 5.41) is 2.76. The molecule has 110 valence electrons. The van der Waals surface area contributed by atoms with Crippen molar-refractivity contribution in [3.8, 4) is 5.75 Å². The molecule has 1 aromatic carbocycles. The Bertz CT molecular complexity index is 633. The molecule has 1 heterocycles. The summed E-state index contributed by atoms with van der Waals surface area (Å²) < 4.78 is 10.6. The van der Waals surface area contributed by atoms with Crippen LogP contribution in [-0.4, -0.2) is 12.5 Å². The van der Waals surface area contributed by atoms with E-state index in [-0.39, 0.29) is 5.91 Å². The first-order valence-corrected chi connectivity index (χ1v) is 6.53. The molecule has 2 rings (SSSR count). The first-order chi connectivity index (χ1) is 10.1. The molecule has 21 heavy (non-hydrogen) atoms. The minimum atomic E-state index is -0.218. The molecule has 0 spiro atoms. The predicted molar refractivity (Wildman–Crippen MR) is 81.0 cm³/mol. The Morgan fingerprint density at radius 2 is 2.24 bits per heavy atom. The molecule has 0 aliphatic heterocycles. The lowest BCUT2D eigenvalue weighted by Crippen LogP contribution is -2.22. The number of nitrogen functional groups attached to an aromatic ring is 1. The lowest BCUT2D eigenvalue weighted by atomic mass is 10.1. The first kappa shape index (κ1) is 14.7. The van der Waals surface area contributed by atoms with Crippen LogP contribution in [0.4, 0.5) is 5.69 Å². The molecule has 0 aliphatic rings. The Kier molecular flexibility index (Phi) is 4.66. The van der Waals surface area contributed by atoms with Crippen LogP contribution in [0, 0.1) is 0 Å². The monoisotopic (exact) mass is 286 g/mol. The maximum Gasteiger partial charge on any atom is 0.251 e. The smallest absolute Gasteiger partial charge is 0.251 e. The molecular weight excluding hydrogens is 268 g/mol. The SMILES string of the molecule is C=C(C)COc1ccc(C(=O)NCc2ccco2)cc1N. The highest BCUT2D eigenvalue weighted by molar-refractivity contribution is 5.95. The van der Waals surface area contributed by atoms with Gasteiger partial charge in [-0.25, -0.2) is 0 Å². The lowest BCUT2D eigenvalue weighted by molar-refractivity contribution is 0.0948. The van der Waals surface area contributed by atoms with Gasteiger partial charge in [-0.05, 0) is 42.8 Å². The third kappa shape index (κ3) is 4.14. The van der Waals surface area contributed by atoms with Gasteiger partial charge < -0.3 is 20.2 Å². The number of nitrogens with two attached hydrogens (primary N) is 1. The summed E-state index contributed by atoms with van der Waals surface area (Å²) in [6, 6.07) is 8.50. The molecule has 5 heteroatoms. The second kappa shape index (κ2) is 6.65. The molecule has 0 aliphatic carbocycles. The first-order valence-electron chi connectivity index (χ1n) is 6.53. The van der Waals surface area contributed by atoms with Crippen molar-refractivity contribution in [3.63, 3.8) is 0 Å². The van der Waals surface area contributed by atoms with E-state index in [2.05, 4.69) is 11.9 Å². The highest BCUT2D eigenvalue weighted by Crippen LogP contribution is 2.23. The third-order valence-electron chi connectivity index (χ3n) is 2.75. The van der Waals surface area contributed by atoms with E-state index in [0.29, 0.717) is 35.9 Å². The van der Waals surface area contributed by atoms with Crippen molar-refractivity contribution < 1.29 is 13.9 Å². The third-order valence-corrected chi connectivity index (χ3v) is 2.75. The minimum absolute atomic E-state index is 0.218. The fourth-order valence-corrected chi connectivity index (χ4v) is 1.70. The second-order valence-electron chi connectivity index (χ2n) is 4.76. The van der Waals surface area contributed by atoms with Crippen LogP contribution in [-0.2, 0) is 6.54 Å². The van der Waals surface area contributed by atoms with E-state index in [1.54, 1.807) is 36.6 Å². The molecule has 2 aromatic rings. The van der Waals surface area contributed by atoms with Gasteiger partial charge in [-0.1, -0.05) is 6.58 Å². The number of benzene rings is 1. The Morgan fingerprint density at radius 3 is 2.86 bits per heavy atom. The molecule has 1 amide bonds. The molecule has 0 fully saturated rings. The Morgan fingerprint density at radius 1 is 1.43 bits per heavy atom. The number of carbonyl (C=O) groups excluding carboxylic acids is 1. The van der Waals surface area contributed by atoms with Gasteiger partial charge in [0.15, 0.2) is 0 Å². The van der Waals surface area contributed by atoms with Gasteiger partial charge in [0.1, 0.15) is 18.1 Å². The van der Waals surface area contributed by atoms with Gasteiger partial charge in [-0.15, -0.1) is 0 Å². The summed E-state index contributed by atoms with van der Waals surface area (Å²) in [5.41, 5.74) is 7.67. The number of anilines is 1. The van der Waals surface area contributed by atoms with E-state index in [4.69, 9.17) is 14.9 Å². The summed E-state index contributed by atoms with van der Waals surface area (Å²) in [6.07, 6.45) is 1.56. The van der Waals surface area contributed by atoms with Crippen LogP contribution >= 0.6 is 0 Å². The summed E-state index contributed by atoms with van der Waals surface area (Å²) >= 11 is 0. The van der Waals surface area contributed by atoms with Gasteiger partial charge in [-0.3, -0.25) is 4.79 Å². The Hall–Kier alpha value is -2.69. The number of ether oxygens (including phenoxy) is 1. The van der Waals surface area contributed by atoms with Crippen LogP contribution in [0.2, 0.25) is 0 Å². The van der Waals surface area contributed by atoms with Gasteiger partial charge in [0.05, 0.1) is 18.5 Å². The number of hydrogen-bond acceptors (Lipinski definition) is 4. The summed E-state index contributed by atoms with van der Waals surface area (Å²) in [7, 11) is 0. The summed E-state index contributed by atoms with van der Waals surface area (Å²) in [4.78, 5) is 12.0. The van der Waals surface area contributed by atoms with Crippen molar-refractivity contribution in [3.05, 3.63) is 60.1 Å². The normalized spacial score (nSPS) is 10.1. The van der Waals surface area contributed by atoms with Crippen LogP contribution < -0.4 is 15.8 Å². The van der Waals surface area contributed by atoms with Gasteiger partial charge in [0.25, 0.3) is 5.91 Å². The van der Waals surface area contributed by atoms with E-state index in [1.165, 1.54) is 0 Å². The molecule has 0 atom stereocenters. The van der Waals surface area contributed by atoms with Crippen molar-refractivity contribution in [2.24, 2.45) is 0 Å². The number of carbonyl (C=O) groups is 1. The highest BCUT2D eigenvalue weighted by Gasteiger charge is 2.09. The predicted octanol–water partition coefficient (Wildman–Crippen LogP) is 2.75. The van der Waals surface area contributed by atoms with E-state index in [1.807, 2.05) is 6.92 Å². The molecule has 0 saturated heterocycles. The van der Waals surface area contributed by atoms with Crippen LogP contribution in [0.15, 0.2) is 53.2 Å². The Labute approximate surface area is 123 Å². The largest absolute Gasteiger partial charge is 0.487 e. The van der Waals surface area contributed by atoms with Crippen molar-refractivity contribution in [2.45, 2.75) is 13.5 Å². The number of nitrogens with one attached hydrogen (secondary N) is 1. The van der Waals surface area contributed by atoms with E-state index in [9.17, 15) is 4.79 Å². The van der Waals surface area contributed by atoms with Crippen LogP contribution in [0.5, 0.6) is 5.75 Å². The fraction of sp³-hybridized carbons (Fsp3) is 0.188. The van der Waals surface area contributed by atoms with Crippen LogP contribution in [0.3, 0.4) is 0 Å². The zero-order chi connectivity index (χ0) is 15.2. The molecule has 0 bridgehead atoms. The number of hydrogen-bond donors (Lipinski definition) is 2. The van der Waals surface area contributed by atoms with E-state index in [0.717, 1.165) is 5.57 Å². The van der Waals surface area contributed by atoms with E-state index >= 15 is 0 Å². The fourth-order valence-electron chi connectivity index (χ4n) is 1.70. The zero-order valence-corrected chi connectivity index (χ0v) is 11.9. The highest BCUT2D eigenvalue weighted by atomic mass is 16.5. The average molecular weight is 286 g/mol. The lowest BCUT2D eigenvalue weighted by Gasteiger charge is -2.10. The molecule has 1 aromatic heterocycles. The van der Waals surface area contributed by atoms with Crippen molar-refractivity contribution in [1.82, 2.24) is 5.32 Å². The molecule has 0 unspecified atom stereocenters.